The van der Waals surface area contributed by atoms with Gasteiger partial charge in [0.2, 0.25) is 0 Å². The summed E-state index contributed by atoms with van der Waals surface area (Å²) in [6.45, 7) is 3.89. The lowest BCUT2D eigenvalue weighted by Crippen LogP contribution is -2.08. The largest absolute Gasteiger partial charge is 0.760 e. The van der Waals surface area contributed by atoms with E-state index in [-0.39, 0.29) is 11.6 Å². The molecule has 7 heteroatoms. The van der Waals surface area contributed by atoms with Crippen molar-refractivity contribution in [2.24, 2.45) is 5.14 Å². The van der Waals surface area contributed by atoms with Crippen LogP contribution in [0.5, 0.6) is 0 Å². The summed E-state index contributed by atoms with van der Waals surface area (Å²) in [7, 11) is 0. The van der Waals surface area contributed by atoms with E-state index in [4.69, 9.17) is 20.4 Å². The van der Waals surface area contributed by atoms with Gasteiger partial charge in [0, 0.05) is 40.3 Å². The summed E-state index contributed by atoms with van der Waals surface area (Å²) >= 11 is 3.52. The quantitative estimate of drug-likeness (QED) is 0.639. The minimum absolute atomic E-state index is 0.00514. The topological polar surface area (TPSA) is 100 Å². The second-order valence-electron chi connectivity index (χ2n) is 4.30. The molecule has 2 N–H and O–H groups in total. The highest BCUT2D eigenvalue weighted by Crippen LogP contribution is 2.20. The molecule has 1 rings (SSSR count). The molecule has 5 nitrogen and oxygen atoms in total. The molecular weight excluding hydrogens is 314 g/mol. The van der Waals surface area contributed by atoms with E-state index in [1.54, 1.807) is 18.2 Å². The highest BCUT2D eigenvalue weighted by molar-refractivity contribution is 7.76. The molecule has 0 bridgehead atoms. The average Bonchev–Trinajstić information content (AvgIpc) is 2.38. The maximum Gasteiger partial charge on any atom is 0.163 e. The molecule has 0 aliphatic rings. The zero-order valence-corrected chi connectivity index (χ0v) is 13.6. The van der Waals surface area contributed by atoms with E-state index in [0.29, 0.717) is 29.0 Å². The maximum absolute atomic E-state index is 11.9. The Bertz CT molecular complexity index is 516. The third-order valence-corrected chi connectivity index (χ3v) is 2.77. The summed E-state index contributed by atoms with van der Waals surface area (Å²) in [4.78, 5) is 23.8. The van der Waals surface area contributed by atoms with Gasteiger partial charge in [-0.2, -0.15) is 0 Å². The number of Topliss-reactive ketones (excluding diaryl/α,β-unsaturated/α-hetero) is 2. The van der Waals surface area contributed by atoms with Crippen molar-refractivity contribution in [3.05, 3.63) is 34.3 Å². The van der Waals surface area contributed by atoms with E-state index in [9.17, 15) is 9.59 Å². The highest BCUT2D eigenvalue weighted by atomic mass is 35.5. The van der Waals surface area contributed by atoms with Crippen molar-refractivity contribution in [2.45, 2.75) is 39.5 Å². The zero-order chi connectivity index (χ0) is 16.4. The number of hydrogen-bond acceptors (Lipinski definition) is 4. The summed E-state index contributed by atoms with van der Waals surface area (Å²) in [5, 5.41) is 4.53. The number of carbonyl (C=O) groups excluding carboxylic acids is 2. The first-order valence-electron chi connectivity index (χ1n) is 6.53. The smallest absolute Gasteiger partial charge is 0.163 e. The molecule has 0 aromatic heterocycles. The van der Waals surface area contributed by atoms with Crippen molar-refractivity contribution in [2.75, 3.05) is 0 Å². The Morgan fingerprint density at radius 2 is 1.57 bits per heavy atom. The summed E-state index contributed by atoms with van der Waals surface area (Å²) < 4.78 is 17.6. The van der Waals surface area contributed by atoms with E-state index in [2.05, 4.69) is 5.14 Å². The molecule has 1 unspecified atom stereocenters. The van der Waals surface area contributed by atoms with Gasteiger partial charge in [-0.1, -0.05) is 25.4 Å². The number of rotatable bonds is 6. The lowest BCUT2D eigenvalue weighted by molar-refractivity contribution is 0.0948. The van der Waals surface area contributed by atoms with Gasteiger partial charge in [0.1, 0.15) is 0 Å². The fourth-order valence-electron chi connectivity index (χ4n) is 1.71. The molecule has 1 aromatic carbocycles. The minimum Gasteiger partial charge on any atom is -0.760 e. The number of carbonyl (C=O) groups is 2. The van der Waals surface area contributed by atoms with Crippen molar-refractivity contribution in [1.29, 1.82) is 0 Å². The third kappa shape index (κ3) is 8.06. The molecule has 0 spiro atoms. The van der Waals surface area contributed by atoms with E-state index < -0.39 is 11.3 Å². The standard InChI is InChI=1S/C14H17ClO2.H3NO2S/c1-3-5-13(16)11-8-7-10(15)9-12(11)14(17)6-4-2;1-4(2)3/h7-9H,3-6H2,1-2H3;1H2,(H,2,3)/p-1. The van der Waals surface area contributed by atoms with Crippen molar-refractivity contribution in [3.63, 3.8) is 0 Å². The van der Waals surface area contributed by atoms with Crippen LogP contribution in [0.4, 0.5) is 0 Å². The molecule has 1 atom stereocenters. The van der Waals surface area contributed by atoms with Gasteiger partial charge in [0.25, 0.3) is 0 Å². The van der Waals surface area contributed by atoms with Gasteiger partial charge in [0.15, 0.2) is 11.6 Å². The van der Waals surface area contributed by atoms with Gasteiger partial charge in [-0.25, -0.2) is 0 Å². The average molecular weight is 333 g/mol. The van der Waals surface area contributed by atoms with Crippen molar-refractivity contribution in [1.82, 2.24) is 0 Å². The fourth-order valence-corrected chi connectivity index (χ4v) is 1.89. The minimum atomic E-state index is -2.36. The Morgan fingerprint density at radius 1 is 1.14 bits per heavy atom. The van der Waals surface area contributed by atoms with Gasteiger partial charge in [-0.3, -0.25) is 18.9 Å². The lowest BCUT2D eigenvalue weighted by Gasteiger charge is -2.07. The molecule has 0 saturated heterocycles. The molecule has 1 aromatic rings. The van der Waals surface area contributed by atoms with Crippen LogP contribution in [-0.2, 0) is 11.3 Å². The SMILES string of the molecule is CCCC(=O)c1ccc(Cl)cc1C(=O)CCC.NS(=O)[O-]. The highest BCUT2D eigenvalue weighted by Gasteiger charge is 2.16. The fraction of sp³-hybridized carbons (Fsp3) is 0.429. The van der Waals surface area contributed by atoms with Crippen molar-refractivity contribution in [3.8, 4) is 0 Å². The Balaban J connectivity index is 0.000000885. The summed E-state index contributed by atoms with van der Waals surface area (Å²) in [5.41, 5.74) is 0.979. The van der Waals surface area contributed by atoms with Crippen LogP contribution in [0.25, 0.3) is 0 Å². The van der Waals surface area contributed by atoms with Crippen molar-refractivity contribution < 1.29 is 18.4 Å². The first-order chi connectivity index (χ1) is 9.83. The van der Waals surface area contributed by atoms with Gasteiger partial charge >= 0.3 is 0 Å². The van der Waals surface area contributed by atoms with E-state index >= 15 is 0 Å². The van der Waals surface area contributed by atoms with E-state index in [0.717, 1.165) is 12.8 Å². The molecule has 0 amide bonds. The molecule has 21 heavy (non-hydrogen) atoms. The predicted octanol–water partition coefficient (Wildman–Crippen LogP) is 3.04. The number of benzene rings is 1. The normalized spacial score (nSPS) is 11.3. The van der Waals surface area contributed by atoms with Crippen LogP contribution in [0, 0.1) is 0 Å². The Hall–Kier alpha value is -1.08. The lowest BCUT2D eigenvalue weighted by atomic mass is 9.96. The number of hydrogen-bond donors (Lipinski definition) is 1. The van der Waals surface area contributed by atoms with Gasteiger partial charge in [-0.05, 0) is 31.0 Å². The predicted molar refractivity (Wildman–Crippen MR) is 83.0 cm³/mol. The van der Waals surface area contributed by atoms with E-state index in [1.165, 1.54) is 0 Å². The second-order valence-corrected chi connectivity index (χ2v) is 5.25. The molecule has 118 valence electrons. The third-order valence-electron chi connectivity index (χ3n) is 2.54. The van der Waals surface area contributed by atoms with Crippen LogP contribution in [-0.4, -0.2) is 20.3 Å². The molecular formula is C14H19ClNO4S-. The molecule has 0 fully saturated rings. The summed E-state index contributed by atoms with van der Waals surface area (Å²) in [6, 6.07) is 4.92. The molecule has 0 saturated carbocycles. The van der Waals surface area contributed by atoms with Crippen LogP contribution >= 0.6 is 11.6 Å². The number of nitrogens with two attached hydrogens (primary N) is 1. The number of halogens is 1. The Labute approximate surface area is 132 Å². The molecule has 0 heterocycles. The number of ketones is 2. The Kier molecular flexibility index (Phi) is 10.1. The van der Waals surface area contributed by atoms with Crippen LogP contribution in [0.1, 0.15) is 60.2 Å². The molecule has 0 radical (unpaired) electrons. The zero-order valence-electron chi connectivity index (χ0n) is 12.1. The summed E-state index contributed by atoms with van der Waals surface area (Å²) in [6.07, 6.45) is 2.47. The van der Waals surface area contributed by atoms with Crippen LogP contribution in [0.2, 0.25) is 5.02 Å². The van der Waals surface area contributed by atoms with Gasteiger partial charge < -0.3 is 4.55 Å². The first-order valence-corrected chi connectivity index (χ1v) is 8.04. The van der Waals surface area contributed by atoms with Gasteiger partial charge in [0.05, 0.1) is 0 Å². The first kappa shape index (κ1) is 19.9. The van der Waals surface area contributed by atoms with Crippen LogP contribution < -0.4 is 5.14 Å². The molecule has 0 aliphatic heterocycles. The maximum atomic E-state index is 11.9. The monoisotopic (exact) mass is 332 g/mol. The van der Waals surface area contributed by atoms with Gasteiger partial charge in [-0.15, -0.1) is 0 Å². The van der Waals surface area contributed by atoms with E-state index in [1.807, 2.05) is 13.8 Å². The second kappa shape index (κ2) is 10.6. The Morgan fingerprint density at radius 3 is 2.00 bits per heavy atom. The van der Waals surface area contributed by atoms with Crippen molar-refractivity contribution >= 4 is 34.4 Å². The molecule has 0 aliphatic carbocycles. The van der Waals surface area contributed by atoms with Crippen LogP contribution in [0.3, 0.4) is 0 Å². The van der Waals surface area contributed by atoms with Crippen LogP contribution in [0.15, 0.2) is 18.2 Å². The summed E-state index contributed by atoms with van der Waals surface area (Å²) in [5.74, 6) is 0.0121.